The fourth-order valence-corrected chi connectivity index (χ4v) is 2.33. The van der Waals surface area contributed by atoms with Gasteiger partial charge in [-0.2, -0.15) is 5.10 Å². The molecule has 0 aromatic heterocycles. The van der Waals surface area contributed by atoms with E-state index in [0.717, 1.165) is 32.5 Å². The van der Waals surface area contributed by atoms with Crippen LogP contribution in [-0.2, 0) is 6.61 Å². The number of nitrogens with two attached hydrogens (primary N) is 1. The molecule has 0 spiro atoms. The minimum Gasteiger partial charge on any atom is -0.489 e. The van der Waals surface area contributed by atoms with Gasteiger partial charge in [0, 0.05) is 4.47 Å². The summed E-state index contributed by atoms with van der Waals surface area (Å²) in [5.41, 5.74) is 11.3. The SMILES string of the molecule is Cc1cc(C)c(COc2ccc(Br)cc2)cc1C=NNC(N)=O. The molecule has 5 nitrogen and oxygen atoms in total. The van der Waals surface area contributed by atoms with Crippen molar-refractivity contribution in [2.75, 3.05) is 0 Å². The van der Waals surface area contributed by atoms with Gasteiger partial charge in [-0.05, 0) is 66.4 Å². The first-order valence-corrected chi connectivity index (χ1v) is 7.82. The topological polar surface area (TPSA) is 76.7 Å². The molecular formula is C17H18BrN3O2. The summed E-state index contributed by atoms with van der Waals surface area (Å²) in [5, 5.41) is 3.81. The Morgan fingerprint density at radius 1 is 1.26 bits per heavy atom. The zero-order valence-corrected chi connectivity index (χ0v) is 14.6. The Balaban J connectivity index is 2.13. The van der Waals surface area contributed by atoms with Gasteiger partial charge in [0.15, 0.2) is 0 Å². The van der Waals surface area contributed by atoms with E-state index in [4.69, 9.17) is 10.5 Å². The number of carbonyl (C=O) groups is 1. The lowest BCUT2D eigenvalue weighted by atomic mass is 10.0. The second-order valence-corrected chi connectivity index (χ2v) is 6.03. The van der Waals surface area contributed by atoms with Crippen molar-refractivity contribution in [1.29, 1.82) is 0 Å². The van der Waals surface area contributed by atoms with E-state index in [-0.39, 0.29) is 0 Å². The Morgan fingerprint density at radius 3 is 2.61 bits per heavy atom. The number of nitrogens with zero attached hydrogens (tertiary/aromatic N) is 1. The number of benzene rings is 2. The molecule has 2 aromatic carbocycles. The van der Waals surface area contributed by atoms with E-state index in [1.165, 1.54) is 0 Å². The van der Waals surface area contributed by atoms with Gasteiger partial charge >= 0.3 is 6.03 Å². The van der Waals surface area contributed by atoms with Gasteiger partial charge in [0.25, 0.3) is 0 Å². The summed E-state index contributed by atoms with van der Waals surface area (Å²) in [5.74, 6) is 0.804. The van der Waals surface area contributed by atoms with E-state index in [1.807, 2.05) is 44.2 Å². The van der Waals surface area contributed by atoms with Crippen LogP contribution in [0.25, 0.3) is 0 Å². The number of aryl methyl sites for hydroxylation is 2. The Kier molecular flexibility index (Phi) is 5.76. The molecule has 0 aliphatic carbocycles. The summed E-state index contributed by atoms with van der Waals surface area (Å²) in [6.45, 7) is 4.48. The van der Waals surface area contributed by atoms with Gasteiger partial charge in [0.05, 0.1) is 6.21 Å². The fourth-order valence-electron chi connectivity index (χ4n) is 2.07. The van der Waals surface area contributed by atoms with Crippen LogP contribution in [0.15, 0.2) is 46.0 Å². The van der Waals surface area contributed by atoms with Crippen LogP contribution in [0.4, 0.5) is 4.79 Å². The summed E-state index contributed by atoms with van der Waals surface area (Å²) in [6.07, 6.45) is 1.57. The number of amides is 2. The normalized spacial score (nSPS) is 10.7. The van der Waals surface area contributed by atoms with Crippen LogP contribution in [0.1, 0.15) is 22.3 Å². The van der Waals surface area contributed by atoms with Gasteiger partial charge in [0.2, 0.25) is 0 Å². The second-order valence-electron chi connectivity index (χ2n) is 5.11. The Hall–Kier alpha value is -2.34. The number of urea groups is 1. The number of halogens is 1. The van der Waals surface area contributed by atoms with Gasteiger partial charge in [-0.1, -0.05) is 22.0 Å². The molecule has 0 aliphatic rings. The van der Waals surface area contributed by atoms with Crippen molar-refractivity contribution in [2.45, 2.75) is 20.5 Å². The van der Waals surface area contributed by atoms with Crippen LogP contribution < -0.4 is 15.9 Å². The second kappa shape index (κ2) is 7.78. The first kappa shape index (κ1) is 17.0. The zero-order valence-electron chi connectivity index (χ0n) is 13.0. The number of rotatable bonds is 5. The maximum atomic E-state index is 10.7. The molecule has 2 rings (SSSR count). The fraction of sp³-hybridized carbons (Fsp3) is 0.176. The largest absolute Gasteiger partial charge is 0.489 e. The van der Waals surface area contributed by atoms with Gasteiger partial charge in [-0.15, -0.1) is 0 Å². The van der Waals surface area contributed by atoms with Gasteiger partial charge in [-0.25, -0.2) is 10.2 Å². The maximum absolute atomic E-state index is 10.7. The highest BCUT2D eigenvalue weighted by Gasteiger charge is 2.05. The van der Waals surface area contributed by atoms with E-state index >= 15 is 0 Å². The molecule has 0 saturated carbocycles. The zero-order chi connectivity index (χ0) is 16.8. The molecule has 0 heterocycles. The highest BCUT2D eigenvalue weighted by Crippen LogP contribution is 2.20. The molecule has 0 aliphatic heterocycles. The van der Waals surface area contributed by atoms with E-state index in [0.29, 0.717) is 6.61 Å². The molecule has 2 aromatic rings. The maximum Gasteiger partial charge on any atom is 0.332 e. The lowest BCUT2D eigenvalue weighted by Crippen LogP contribution is -2.24. The molecule has 6 heteroatoms. The minimum atomic E-state index is -0.690. The smallest absolute Gasteiger partial charge is 0.332 e. The van der Waals surface area contributed by atoms with Crippen molar-refractivity contribution in [3.05, 3.63) is 63.1 Å². The lowest BCUT2D eigenvalue weighted by molar-refractivity contribution is 0.249. The first-order chi connectivity index (χ1) is 11.0. The molecule has 23 heavy (non-hydrogen) atoms. The molecule has 0 atom stereocenters. The highest BCUT2D eigenvalue weighted by molar-refractivity contribution is 9.10. The van der Waals surface area contributed by atoms with E-state index in [2.05, 4.69) is 32.5 Å². The van der Waals surface area contributed by atoms with Crippen LogP contribution in [0.3, 0.4) is 0 Å². The molecule has 120 valence electrons. The summed E-state index contributed by atoms with van der Waals surface area (Å²) >= 11 is 3.40. The number of hydrogen-bond donors (Lipinski definition) is 2. The van der Waals surface area contributed by atoms with Crippen LogP contribution in [0.2, 0.25) is 0 Å². The molecule has 0 bridgehead atoms. The van der Waals surface area contributed by atoms with Gasteiger partial charge < -0.3 is 10.5 Å². The molecule has 0 unspecified atom stereocenters. The predicted molar refractivity (Wildman–Crippen MR) is 94.7 cm³/mol. The quantitative estimate of drug-likeness (QED) is 0.617. The monoisotopic (exact) mass is 375 g/mol. The molecule has 2 amide bonds. The van der Waals surface area contributed by atoms with Crippen LogP contribution in [-0.4, -0.2) is 12.2 Å². The number of hydrogen-bond acceptors (Lipinski definition) is 3. The van der Waals surface area contributed by atoms with Gasteiger partial charge in [0.1, 0.15) is 12.4 Å². The van der Waals surface area contributed by atoms with E-state index in [9.17, 15) is 4.79 Å². The van der Waals surface area contributed by atoms with Crippen molar-refractivity contribution >= 4 is 28.2 Å². The molecule has 0 saturated heterocycles. The minimum absolute atomic E-state index is 0.456. The molecular weight excluding hydrogens is 358 g/mol. The van der Waals surface area contributed by atoms with Crippen LogP contribution >= 0.6 is 15.9 Å². The number of primary amides is 1. The number of ether oxygens (including phenoxy) is 1. The Bertz CT molecular complexity index is 727. The molecule has 0 fully saturated rings. The number of hydrazone groups is 1. The summed E-state index contributed by atoms with van der Waals surface area (Å²) < 4.78 is 6.82. The molecule has 0 radical (unpaired) electrons. The average Bonchev–Trinajstić information content (AvgIpc) is 2.49. The lowest BCUT2D eigenvalue weighted by Gasteiger charge is -2.11. The van der Waals surface area contributed by atoms with Crippen LogP contribution in [0.5, 0.6) is 5.75 Å². The third-order valence-corrected chi connectivity index (χ3v) is 3.84. The van der Waals surface area contributed by atoms with Crippen molar-refractivity contribution in [2.24, 2.45) is 10.8 Å². The third-order valence-electron chi connectivity index (χ3n) is 3.31. The summed E-state index contributed by atoms with van der Waals surface area (Å²) in [7, 11) is 0. The summed E-state index contributed by atoms with van der Waals surface area (Å²) in [6, 6.07) is 11.1. The van der Waals surface area contributed by atoms with E-state index in [1.54, 1.807) is 6.21 Å². The van der Waals surface area contributed by atoms with Crippen molar-refractivity contribution in [3.8, 4) is 5.75 Å². The Labute approximate surface area is 143 Å². The van der Waals surface area contributed by atoms with Crippen molar-refractivity contribution in [1.82, 2.24) is 5.43 Å². The number of nitrogens with one attached hydrogen (secondary N) is 1. The number of carbonyl (C=O) groups excluding carboxylic acids is 1. The summed E-state index contributed by atoms with van der Waals surface area (Å²) in [4.78, 5) is 10.7. The first-order valence-electron chi connectivity index (χ1n) is 7.02. The van der Waals surface area contributed by atoms with Crippen molar-refractivity contribution in [3.63, 3.8) is 0 Å². The van der Waals surface area contributed by atoms with E-state index < -0.39 is 6.03 Å². The standard InChI is InChI=1S/C17H18BrN3O2/c1-11-7-12(2)14(8-13(11)9-20-21-17(19)22)10-23-16-5-3-15(18)4-6-16/h3-9H,10H2,1-2H3,(H3,19,21,22). The predicted octanol–water partition coefficient (Wildman–Crippen LogP) is 3.65. The van der Waals surface area contributed by atoms with Crippen LogP contribution in [0, 0.1) is 13.8 Å². The van der Waals surface area contributed by atoms with Gasteiger partial charge in [-0.3, -0.25) is 0 Å². The molecule has 3 N–H and O–H groups in total. The average molecular weight is 376 g/mol. The Morgan fingerprint density at radius 2 is 1.96 bits per heavy atom. The highest BCUT2D eigenvalue weighted by atomic mass is 79.9. The third kappa shape index (κ3) is 5.10. The van der Waals surface area contributed by atoms with Crippen molar-refractivity contribution < 1.29 is 9.53 Å².